The van der Waals surface area contributed by atoms with Crippen molar-refractivity contribution in [1.29, 1.82) is 0 Å². The van der Waals surface area contributed by atoms with Crippen molar-refractivity contribution in [3.63, 3.8) is 0 Å². The number of carbonyl (C=O) groups is 2. The fourth-order valence-electron chi connectivity index (χ4n) is 2.03. The zero-order valence-electron chi connectivity index (χ0n) is 10.4. The molecule has 0 fully saturated rings. The highest BCUT2D eigenvalue weighted by Gasteiger charge is 2.23. The van der Waals surface area contributed by atoms with Crippen LogP contribution in [-0.4, -0.2) is 31.4 Å². The molecule has 0 unspecified atom stereocenters. The molecule has 0 radical (unpaired) electrons. The van der Waals surface area contributed by atoms with Gasteiger partial charge in [-0.25, -0.2) is 0 Å². The van der Waals surface area contributed by atoms with E-state index in [4.69, 9.17) is 0 Å². The summed E-state index contributed by atoms with van der Waals surface area (Å²) in [6.07, 6.45) is 0. The van der Waals surface area contributed by atoms with Crippen molar-refractivity contribution in [3.05, 3.63) is 29.8 Å². The van der Waals surface area contributed by atoms with Gasteiger partial charge < -0.3 is 15.5 Å². The van der Waals surface area contributed by atoms with Crippen molar-refractivity contribution < 1.29 is 9.59 Å². The molecular weight excluding hydrogens is 230 g/mol. The minimum atomic E-state index is -0.137. The van der Waals surface area contributed by atoms with Gasteiger partial charge in [0.15, 0.2) is 0 Å². The molecule has 18 heavy (non-hydrogen) atoms. The van der Waals surface area contributed by atoms with E-state index in [0.29, 0.717) is 13.1 Å². The van der Waals surface area contributed by atoms with Gasteiger partial charge in [-0.2, -0.15) is 0 Å². The van der Waals surface area contributed by atoms with Crippen molar-refractivity contribution in [2.45, 2.75) is 13.5 Å². The molecule has 1 heterocycles. The lowest BCUT2D eigenvalue weighted by atomic mass is 10.1. The average molecular weight is 247 g/mol. The van der Waals surface area contributed by atoms with E-state index in [1.165, 1.54) is 0 Å². The molecule has 1 aromatic rings. The Hall–Kier alpha value is -1.88. The van der Waals surface area contributed by atoms with Crippen molar-refractivity contribution in [2.75, 3.05) is 24.5 Å². The standard InChI is InChI=1S/C13H17N3O2/c1-2-15-12(17)9-16-11-6-4-3-5-10(11)7-14-8-13(16)18/h3-6,14H,2,7-9H2,1H3,(H,15,17). The van der Waals surface area contributed by atoms with Crippen LogP contribution in [0.15, 0.2) is 24.3 Å². The van der Waals surface area contributed by atoms with Gasteiger partial charge in [0.2, 0.25) is 11.8 Å². The number of para-hydroxylation sites is 1. The fourth-order valence-corrected chi connectivity index (χ4v) is 2.03. The van der Waals surface area contributed by atoms with E-state index in [-0.39, 0.29) is 24.9 Å². The Labute approximate surface area is 106 Å². The van der Waals surface area contributed by atoms with E-state index < -0.39 is 0 Å². The molecule has 1 aromatic carbocycles. The van der Waals surface area contributed by atoms with E-state index >= 15 is 0 Å². The molecule has 0 aromatic heterocycles. The summed E-state index contributed by atoms with van der Waals surface area (Å²) in [6, 6.07) is 7.65. The number of hydrogen-bond donors (Lipinski definition) is 2. The van der Waals surface area contributed by atoms with E-state index in [1.54, 1.807) is 4.90 Å². The number of rotatable bonds is 3. The number of fused-ring (bicyclic) bond motifs is 1. The molecule has 5 heteroatoms. The summed E-state index contributed by atoms with van der Waals surface area (Å²) in [6.45, 7) is 3.41. The summed E-state index contributed by atoms with van der Waals surface area (Å²) in [5, 5.41) is 5.78. The van der Waals surface area contributed by atoms with Crippen molar-refractivity contribution in [1.82, 2.24) is 10.6 Å². The van der Waals surface area contributed by atoms with Gasteiger partial charge in [-0.05, 0) is 18.6 Å². The maximum absolute atomic E-state index is 12.0. The van der Waals surface area contributed by atoms with Gasteiger partial charge in [-0.15, -0.1) is 0 Å². The predicted molar refractivity (Wildman–Crippen MR) is 69.2 cm³/mol. The first-order valence-corrected chi connectivity index (χ1v) is 6.08. The molecule has 1 aliphatic rings. The Morgan fingerprint density at radius 1 is 1.39 bits per heavy atom. The van der Waals surface area contributed by atoms with Crippen LogP contribution in [0, 0.1) is 0 Å². The lowest BCUT2D eigenvalue weighted by Crippen LogP contribution is -2.43. The topological polar surface area (TPSA) is 61.4 Å². The first kappa shape index (κ1) is 12.6. The largest absolute Gasteiger partial charge is 0.355 e. The lowest BCUT2D eigenvalue weighted by Gasteiger charge is -2.21. The normalized spacial score (nSPS) is 14.9. The van der Waals surface area contributed by atoms with Gasteiger partial charge in [0.1, 0.15) is 6.54 Å². The van der Waals surface area contributed by atoms with E-state index in [2.05, 4.69) is 10.6 Å². The minimum Gasteiger partial charge on any atom is -0.355 e. The number of amides is 2. The Bertz CT molecular complexity index is 459. The van der Waals surface area contributed by atoms with Crippen LogP contribution in [0.4, 0.5) is 5.69 Å². The van der Waals surface area contributed by atoms with Crippen molar-refractivity contribution in [3.8, 4) is 0 Å². The number of carbonyl (C=O) groups excluding carboxylic acids is 2. The van der Waals surface area contributed by atoms with Crippen LogP contribution in [0.3, 0.4) is 0 Å². The smallest absolute Gasteiger partial charge is 0.241 e. The zero-order valence-corrected chi connectivity index (χ0v) is 10.4. The highest BCUT2D eigenvalue weighted by atomic mass is 16.2. The maximum Gasteiger partial charge on any atom is 0.241 e. The number of nitrogens with one attached hydrogen (secondary N) is 2. The summed E-state index contributed by atoms with van der Waals surface area (Å²) in [4.78, 5) is 25.2. The SMILES string of the molecule is CCNC(=O)CN1C(=O)CNCc2ccccc21. The fraction of sp³-hybridized carbons (Fsp3) is 0.385. The lowest BCUT2D eigenvalue weighted by molar-refractivity contribution is -0.123. The molecule has 96 valence electrons. The third-order valence-corrected chi connectivity index (χ3v) is 2.85. The van der Waals surface area contributed by atoms with Gasteiger partial charge >= 0.3 is 0 Å². The molecule has 2 N–H and O–H groups in total. The second-order valence-electron chi connectivity index (χ2n) is 4.17. The Morgan fingerprint density at radius 2 is 2.17 bits per heavy atom. The van der Waals surface area contributed by atoms with Crippen LogP contribution in [0.2, 0.25) is 0 Å². The Morgan fingerprint density at radius 3 is 2.94 bits per heavy atom. The molecule has 0 saturated carbocycles. The van der Waals surface area contributed by atoms with E-state index in [0.717, 1.165) is 11.3 Å². The van der Waals surface area contributed by atoms with Crippen LogP contribution in [0.1, 0.15) is 12.5 Å². The van der Waals surface area contributed by atoms with E-state index in [1.807, 2.05) is 31.2 Å². The summed E-state index contributed by atoms with van der Waals surface area (Å²) < 4.78 is 0. The van der Waals surface area contributed by atoms with Crippen LogP contribution in [-0.2, 0) is 16.1 Å². The van der Waals surface area contributed by atoms with Crippen molar-refractivity contribution in [2.24, 2.45) is 0 Å². The molecule has 0 aliphatic carbocycles. The van der Waals surface area contributed by atoms with Gasteiger partial charge in [-0.3, -0.25) is 9.59 Å². The molecule has 5 nitrogen and oxygen atoms in total. The number of benzene rings is 1. The first-order valence-electron chi connectivity index (χ1n) is 6.08. The first-order chi connectivity index (χ1) is 8.72. The number of anilines is 1. The number of likely N-dealkylation sites (N-methyl/N-ethyl adjacent to an activating group) is 1. The molecular formula is C13H17N3O2. The third kappa shape index (κ3) is 2.68. The molecule has 0 atom stereocenters. The van der Waals surface area contributed by atoms with Crippen molar-refractivity contribution >= 4 is 17.5 Å². The number of nitrogens with zero attached hydrogens (tertiary/aromatic N) is 1. The number of hydrogen-bond acceptors (Lipinski definition) is 3. The van der Waals surface area contributed by atoms with Gasteiger partial charge in [0.25, 0.3) is 0 Å². The van der Waals surface area contributed by atoms with Crippen LogP contribution >= 0.6 is 0 Å². The van der Waals surface area contributed by atoms with E-state index in [9.17, 15) is 9.59 Å². The quantitative estimate of drug-likeness (QED) is 0.805. The van der Waals surface area contributed by atoms with Gasteiger partial charge in [-0.1, -0.05) is 18.2 Å². The zero-order chi connectivity index (χ0) is 13.0. The molecule has 2 amide bonds. The van der Waals surface area contributed by atoms with Crippen LogP contribution < -0.4 is 15.5 Å². The third-order valence-electron chi connectivity index (χ3n) is 2.85. The maximum atomic E-state index is 12.0. The highest BCUT2D eigenvalue weighted by Crippen LogP contribution is 2.22. The molecule has 0 spiro atoms. The highest BCUT2D eigenvalue weighted by molar-refractivity contribution is 6.00. The summed E-state index contributed by atoms with van der Waals surface area (Å²) in [5.41, 5.74) is 1.85. The van der Waals surface area contributed by atoms with Crippen LogP contribution in [0.5, 0.6) is 0 Å². The summed E-state index contributed by atoms with van der Waals surface area (Å²) in [7, 11) is 0. The minimum absolute atomic E-state index is 0.0748. The monoisotopic (exact) mass is 247 g/mol. The predicted octanol–water partition coefficient (Wildman–Crippen LogP) is 0.259. The molecule has 1 aliphatic heterocycles. The summed E-state index contributed by atoms with van der Waals surface area (Å²) in [5.74, 6) is -0.214. The molecule has 0 bridgehead atoms. The second-order valence-corrected chi connectivity index (χ2v) is 4.17. The second kappa shape index (κ2) is 5.64. The summed E-state index contributed by atoms with van der Waals surface area (Å²) >= 11 is 0. The van der Waals surface area contributed by atoms with Gasteiger partial charge in [0.05, 0.1) is 6.54 Å². The molecule has 2 rings (SSSR count). The average Bonchev–Trinajstić information content (AvgIpc) is 2.51. The van der Waals surface area contributed by atoms with Gasteiger partial charge in [0, 0.05) is 18.8 Å². The molecule has 0 saturated heterocycles. The van der Waals surface area contributed by atoms with Crippen LogP contribution in [0.25, 0.3) is 0 Å². The Balaban J connectivity index is 2.25. The Kier molecular flexibility index (Phi) is 3.94.